The fourth-order valence-corrected chi connectivity index (χ4v) is 14.3. The Kier molecular flexibility index (Phi) is 14.8. The lowest BCUT2D eigenvalue weighted by Crippen LogP contribution is -2.68. The maximum atomic E-state index is 12.5. The van der Waals surface area contributed by atoms with Crippen LogP contribution in [0.4, 0.5) is 0 Å². The molecule has 5 saturated heterocycles. The third-order valence-electron chi connectivity index (χ3n) is 18.0. The first kappa shape index (κ1) is 50.6. The third-order valence-corrected chi connectivity index (χ3v) is 18.0. The minimum Gasteiger partial charge on any atom is -0.462 e. The average molecular weight is 965 g/mol. The first-order valence-corrected chi connectivity index (χ1v) is 24.2. The minimum atomic E-state index is -2.00. The average Bonchev–Trinajstić information content (AvgIpc) is 3.77. The van der Waals surface area contributed by atoms with Crippen molar-refractivity contribution in [1.82, 2.24) is 0 Å². The van der Waals surface area contributed by atoms with Gasteiger partial charge in [-0.05, 0) is 85.9 Å². The number of carbonyl (C=O) groups is 1. The molecule has 0 spiro atoms. The van der Waals surface area contributed by atoms with E-state index in [0.29, 0.717) is 36.5 Å². The van der Waals surface area contributed by atoms with E-state index in [-0.39, 0.29) is 40.8 Å². The Labute approximate surface area is 387 Å². The van der Waals surface area contributed by atoms with Gasteiger partial charge in [0.05, 0.1) is 38.4 Å². The van der Waals surface area contributed by atoms with Gasteiger partial charge in [0.2, 0.25) is 0 Å². The largest absolute Gasteiger partial charge is 0.462 e. The summed E-state index contributed by atoms with van der Waals surface area (Å²) in [5.74, 6) is 1.98. The summed E-state index contributed by atoms with van der Waals surface area (Å²) >= 11 is 0. The predicted molar refractivity (Wildman–Crippen MR) is 220 cm³/mol. The summed E-state index contributed by atoms with van der Waals surface area (Å²) < 4.78 is 53.5. The molecule has 0 bridgehead atoms. The molecule has 0 amide bonds. The van der Waals surface area contributed by atoms with Gasteiger partial charge in [-0.25, -0.2) is 0 Å². The first-order valence-electron chi connectivity index (χ1n) is 24.2. The molecule has 5 heterocycles. The van der Waals surface area contributed by atoms with Crippen LogP contribution in [0.15, 0.2) is 0 Å². The summed E-state index contributed by atoms with van der Waals surface area (Å²) in [5.41, 5.74) is 0.128. The third kappa shape index (κ3) is 8.72. The maximum Gasteiger partial charge on any atom is 0.309 e. The van der Waals surface area contributed by atoms with E-state index in [4.69, 9.17) is 42.6 Å². The molecule has 0 aromatic carbocycles. The van der Waals surface area contributed by atoms with E-state index in [1.165, 1.54) is 0 Å². The Bertz CT molecular complexity index is 1710. The van der Waals surface area contributed by atoms with Gasteiger partial charge in [-0.15, -0.1) is 0 Å². The summed E-state index contributed by atoms with van der Waals surface area (Å²) in [6, 6.07) is 0. The van der Waals surface area contributed by atoms with Gasteiger partial charge in [0, 0.05) is 5.92 Å². The topological polar surface area (TPSA) is 343 Å². The lowest BCUT2D eigenvalue weighted by Gasteiger charge is -2.61. The van der Waals surface area contributed by atoms with Gasteiger partial charge in [-0.3, -0.25) is 4.79 Å². The van der Waals surface area contributed by atoms with Gasteiger partial charge in [0.15, 0.2) is 25.2 Å². The number of esters is 1. The van der Waals surface area contributed by atoms with Crippen molar-refractivity contribution in [2.45, 2.75) is 201 Å². The van der Waals surface area contributed by atoms with Crippen molar-refractivity contribution in [3.8, 4) is 0 Å². The number of aliphatic hydroxyl groups is 12. The molecule has 5 aliphatic heterocycles. The van der Waals surface area contributed by atoms with Crippen molar-refractivity contribution in [1.29, 1.82) is 0 Å². The lowest BCUT2D eigenvalue weighted by molar-refractivity contribution is -0.404. The van der Waals surface area contributed by atoms with Crippen molar-refractivity contribution in [2.75, 3.05) is 26.4 Å². The van der Waals surface area contributed by atoms with Gasteiger partial charge < -0.3 is 104 Å². The molecule has 9 rings (SSSR count). The maximum absolute atomic E-state index is 12.5. The van der Waals surface area contributed by atoms with Crippen LogP contribution in [0.5, 0.6) is 0 Å². The molecular formula is C45H72O22. The molecule has 0 radical (unpaired) electrons. The summed E-state index contributed by atoms with van der Waals surface area (Å²) in [5, 5.41) is 129. The first-order chi connectivity index (χ1) is 31.8. The summed E-state index contributed by atoms with van der Waals surface area (Å²) in [4.78, 5) is 12.5. The molecule has 0 aromatic heterocycles. The number of rotatable bonds is 11. The van der Waals surface area contributed by atoms with Crippen molar-refractivity contribution >= 4 is 5.97 Å². The Morgan fingerprint density at radius 1 is 0.567 bits per heavy atom. The zero-order chi connectivity index (χ0) is 48.0. The molecule has 384 valence electrons. The Morgan fingerprint density at radius 3 is 1.88 bits per heavy atom. The van der Waals surface area contributed by atoms with Crippen LogP contribution in [0.2, 0.25) is 0 Å². The molecule has 67 heavy (non-hydrogen) atoms. The highest BCUT2D eigenvalue weighted by Crippen LogP contribution is 2.69. The molecule has 9 aliphatic rings. The van der Waals surface area contributed by atoms with E-state index < -0.39 is 143 Å². The normalized spacial score (nSPS) is 56.6. The molecule has 4 aliphatic carbocycles. The number of hydrogen-bond acceptors (Lipinski definition) is 22. The standard InChI is InChI=1S/C45H72O22/c1-16-27-23(61-39(16)58)11-21-19-5-4-17-10-18(6-8-44(17,2)20(19)7-9-45(21,27)3)60-41-35(57)32(54)36(26(14-48)64-41)65-43-38(67-42-34(56)31(53)29(51)24(12-46)62-42)37(30(52)25(13-47)63-43)66-40-33(55)28(50)22(49)15-59-40/h16-38,40-43,46-57H,4-15H2,1-3H3/t16-,17-,18-,19+,20-,21-,22+,23-,24+,25+,26+,27-,28-,29+,30+,31-,32+,33+,34+,35+,36-,37-,38+,40-,41+,42-,43-,44-,45-/m0/s1. The molecule has 0 aromatic rings. The quantitative estimate of drug-likeness (QED) is 0.0696. The van der Waals surface area contributed by atoms with E-state index in [1.54, 1.807) is 0 Å². The molecule has 12 N–H and O–H groups in total. The van der Waals surface area contributed by atoms with Gasteiger partial charge in [0.1, 0.15) is 97.7 Å². The lowest BCUT2D eigenvalue weighted by atomic mass is 9.44. The molecular weight excluding hydrogens is 892 g/mol. The van der Waals surface area contributed by atoms with Crippen molar-refractivity contribution in [3.05, 3.63) is 0 Å². The van der Waals surface area contributed by atoms with Crippen LogP contribution < -0.4 is 0 Å². The molecule has 29 atom stereocenters. The minimum absolute atomic E-state index is 0.00235. The monoisotopic (exact) mass is 964 g/mol. The number of fused-ring (bicyclic) bond motifs is 7. The Balaban J connectivity index is 0.891. The van der Waals surface area contributed by atoms with Crippen LogP contribution in [0.3, 0.4) is 0 Å². The summed E-state index contributed by atoms with van der Waals surface area (Å²) in [7, 11) is 0. The smallest absolute Gasteiger partial charge is 0.309 e. The van der Waals surface area contributed by atoms with Crippen LogP contribution in [0.1, 0.15) is 72.1 Å². The number of aliphatic hydroxyl groups excluding tert-OH is 12. The van der Waals surface area contributed by atoms with Crippen LogP contribution in [-0.2, 0) is 47.4 Å². The number of ether oxygens (including phenoxy) is 9. The van der Waals surface area contributed by atoms with Gasteiger partial charge in [-0.2, -0.15) is 0 Å². The second kappa shape index (κ2) is 19.6. The zero-order valence-electron chi connectivity index (χ0n) is 38.0. The molecule has 0 unspecified atom stereocenters. The van der Waals surface area contributed by atoms with Crippen LogP contribution in [0, 0.1) is 46.3 Å². The van der Waals surface area contributed by atoms with Crippen molar-refractivity contribution in [2.24, 2.45) is 46.3 Å². The molecule has 22 heteroatoms. The number of carbonyl (C=O) groups excluding carboxylic acids is 1. The van der Waals surface area contributed by atoms with Crippen molar-refractivity contribution < 1.29 is 109 Å². The van der Waals surface area contributed by atoms with Crippen LogP contribution in [0.25, 0.3) is 0 Å². The Morgan fingerprint density at radius 2 is 1.16 bits per heavy atom. The van der Waals surface area contributed by atoms with Crippen molar-refractivity contribution in [3.63, 3.8) is 0 Å². The zero-order valence-corrected chi connectivity index (χ0v) is 38.0. The Hall–Kier alpha value is -1.33. The summed E-state index contributed by atoms with van der Waals surface area (Å²) in [6.45, 7) is 3.80. The fourth-order valence-electron chi connectivity index (χ4n) is 14.3. The van der Waals surface area contributed by atoms with E-state index >= 15 is 0 Å². The van der Waals surface area contributed by atoms with E-state index in [9.17, 15) is 66.1 Å². The summed E-state index contributed by atoms with van der Waals surface area (Å²) in [6.07, 6.45) is -25.9. The highest BCUT2D eigenvalue weighted by Gasteiger charge is 2.67. The van der Waals surface area contributed by atoms with Gasteiger partial charge >= 0.3 is 5.97 Å². The predicted octanol–water partition coefficient (Wildman–Crippen LogP) is -3.89. The molecule has 9 fully saturated rings. The second-order valence-electron chi connectivity index (χ2n) is 21.4. The highest BCUT2D eigenvalue weighted by atomic mass is 16.8. The molecule has 4 saturated carbocycles. The van der Waals surface area contributed by atoms with E-state index in [0.717, 1.165) is 38.5 Å². The fraction of sp³-hybridized carbons (Fsp3) is 0.978. The van der Waals surface area contributed by atoms with Gasteiger partial charge in [-0.1, -0.05) is 20.8 Å². The van der Waals surface area contributed by atoms with E-state index in [1.807, 2.05) is 6.92 Å². The van der Waals surface area contributed by atoms with Crippen LogP contribution in [-0.4, -0.2) is 223 Å². The highest BCUT2D eigenvalue weighted by molar-refractivity contribution is 5.75. The molecule has 22 nitrogen and oxygen atoms in total. The van der Waals surface area contributed by atoms with Crippen LogP contribution >= 0.6 is 0 Å². The van der Waals surface area contributed by atoms with Gasteiger partial charge in [0.25, 0.3) is 0 Å². The number of hydrogen-bond donors (Lipinski definition) is 12. The van der Waals surface area contributed by atoms with E-state index in [2.05, 4.69) is 13.8 Å². The second-order valence-corrected chi connectivity index (χ2v) is 21.4. The SMILES string of the molecule is C[C@@H]1C(=O)O[C@H]2C[C@H]3[C@@H]4CC[C@H]5C[C@@H](O[C@@H]6O[C@H](CO)[C@H](O[C@@H]7O[C@H](CO)[C@@H](O)[C@H](O[C@@H]8OC[C@@H](O)[C@H](O)[C@H]8O)[C@H]7O[C@@H]7O[C@H](CO)[C@@H](O)[C@H](O)[C@H]7O)[C@H](O)[C@H]6O)CC[C@]5(C)[C@H]4CC[C@]3(C)[C@H]21.